The van der Waals surface area contributed by atoms with Crippen molar-refractivity contribution in [2.24, 2.45) is 0 Å². The Kier molecular flexibility index (Phi) is 5.70. The predicted molar refractivity (Wildman–Crippen MR) is 120 cm³/mol. The summed E-state index contributed by atoms with van der Waals surface area (Å²) in [6.45, 7) is 4.74. The zero-order valence-corrected chi connectivity index (χ0v) is 19.4. The molecular weight excluding hydrogens is 452 g/mol. The highest BCUT2D eigenvalue weighted by molar-refractivity contribution is 7.91. The Morgan fingerprint density at radius 1 is 1.22 bits per heavy atom. The topological polar surface area (TPSA) is 111 Å². The lowest BCUT2D eigenvalue weighted by Gasteiger charge is -2.29. The lowest BCUT2D eigenvalue weighted by molar-refractivity contribution is 0.0390. The van der Waals surface area contributed by atoms with E-state index in [0.717, 1.165) is 43.0 Å². The molecule has 0 aliphatic carbocycles. The molecule has 5 rings (SSSR count). The Morgan fingerprint density at radius 3 is 2.81 bits per heavy atom. The number of aromatic nitrogens is 4. The standard InChI is InChI=1S/C20H24N6O4S2/c1-32(28,29)15-5-2-4-14-17(15)21-20(31-14)26(9-8-24-10-12-30-13-11-24)19(27)18-23-22-16-6-3-7-25(16)18/h2,4-5H,3,6-13H2,1H3. The minimum Gasteiger partial charge on any atom is -0.379 e. The first-order chi connectivity index (χ1) is 15.4. The van der Waals surface area contributed by atoms with Crippen LogP contribution in [0.25, 0.3) is 10.2 Å². The van der Waals surface area contributed by atoms with Crippen molar-refractivity contribution < 1.29 is 17.9 Å². The van der Waals surface area contributed by atoms with Crippen LogP contribution in [0.2, 0.25) is 0 Å². The average molecular weight is 477 g/mol. The number of rotatable bonds is 6. The predicted octanol–water partition coefficient (Wildman–Crippen LogP) is 1.22. The minimum atomic E-state index is -3.45. The van der Waals surface area contributed by atoms with E-state index in [0.29, 0.717) is 42.8 Å². The third-order valence-corrected chi connectivity index (χ3v) is 7.96. The van der Waals surface area contributed by atoms with Crippen molar-refractivity contribution in [3.05, 3.63) is 29.8 Å². The molecule has 0 unspecified atom stereocenters. The van der Waals surface area contributed by atoms with Gasteiger partial charge in [0.15, 0.2) is 15.0 Å². The second-order valence-corrected chi connectivity index (χ2v) is 11.0. The van der Waals surface area contributed by atoms with Crippen LogP contribution in [0.15, 0.2) is 23.1 Å². The van der Waals surface area contributed by atoms with Crippen molar-refractivity contribution in [3.63, 3.8) is 0 Å². The second kappa shape index (κ2) is 8.50. The smallest absolute Gasteiger partial charge is 0.298 e. The number of para-hydroxylation sites is 1. The average Bonchev–Trinajstić information content (AvgIpc) is 3.49. The van der Waals surface area contributed by atoms with Crippen molar-refractivity contribution in [3.8, 4) is 0 Å². The molecule has 0 saturated carbocycles. The molecule has 0 bridgehead atoms. The lowest BCUT2D eigenvalue weighted by atomic mass is 10.3. The van der Waals surface area contributed by atoms with Crippen LogP contribution in [-0.4, -0.2) is 84.6 Å². The van der Waals surface area contributed by atoms with Gasteiger partial charge in [-0.1, -0.05) is 17.4 Å². The number of ether oxygens (including phenoxy) is 1. The Balaban J connectivity index is 1.52. The van der Waals surface area contributed by atoms with Gasteiger partial charge in [0.25, 0.3) is 5.91 Å². The van der Waals surface area contributed by atoms with E-state index in [4.69, 9.17) is 4.74 Å². The molecule has 1 amide bonds. The monoisotopic (exact) mass is 476 g/mol. The number of anilines is 1. The molecular formula is C20H24N6O4S2. The molecule has 2 aromatic heterocycles. The third-order valence-electron chi connectivity index (χ3n) is 5.79. The number of aryl methyl sites for hydroxylation is 1. The quantitative estimate of drug-likeness (QED) is 0.522. The summed E-state index contributed by atoms with van der Waals surface area (Å²) < 4.78 is 32.5. The summed E-state index contributed by atoms with van der Waals surface area (Å²) >= 11 is 1.31. The molecule has 170 valence electrons. The van der Waals surface area contributed by atoms with Crippen molar-refractivity contribution in [1.29, 1.82) is 0 Å². The molecule has 3 aromatic rings. The molecule has 0 N–H and O–H groups in total. The summed E-state index contributed by atoms with van der Waals surface area (Å²) in [6.07, 6.45) is 2.92. The van der Waals surface area contributed by atoms with Gasteiger partial charge in [-0.25, -0.2) is 13.4 Å². The molecule has 32 heavy (non-hydrogen) atoms. The van der Waals surface area contributed by atoms with E-state index in [-0.39, 0.29) is 10.8 Å². The number of carbonyl (C=O) groups excluding carboxylic acids is 1. The first-order valence-corrected chi connectivity index (χ1v) is 13.3. The van der Waals surface area contributed by atoms with Gasteiger partial charge in [-0.15, -0.1) is 10.2 Å². The maximum Gasteiger partial charge on any atom is 0.298 e. The molecule has 2 aliphatic heterocycles. The maximum absolute atomic E-state index is 13.6. The van der Waals surface area contributed by atoms with Gasteiger partial charge in [0.05, 0.1) is 22.8 Å². The number of morpholine rings is 1. The Hall–Kier alpha value is -2.41. The van der Waals surface area contributed by atoms with Gasteiger partial charge in [0.1, 0.15) is 11.3 Å². The van der Waals surface area contributed by atoms with Crippen LogP contribution in [0.4, 0.5) is 5.13 Å². The van der Waals surface area contributed by atoms with Crippen molar-refractivity contribution in [2.75, 3.05) is 50.5 Å². The van der Waals surface area contributed by atoms with Crippen molar-refractivity contribution in [1.82, 2.24) is 24.6 Å². The van der Waals surface area contributed by atoms with E-state index in [1.54, 1.807) is 17.0 Å². The fourth-order valence-corrected chi connectivity index (χ4v) is 6.02. The lowest BCUT2D eigenvalue weighted by Crippen LogP contribution is -2.43. The van der Waals surface area contributed by atoms with E-state index < -0.39 is 9.84 Å². The molecule has 0 atom stereocenters. The van der Waals surface area contributed by atoms with Gasteiger partial charge in [-0.05, 0) is 18.6 Å². The number of thiazole rings is 1. The van der Waals surface area contributed by atoms with Crippen LogP contribution in [-0.2, 0) is 27.5 Å². The van der Waals surface area contributed by atoms with Crippen LogP contribution in [0.5, 0.6) is 0 Å². The second-order valence-electron chi connectivity index (χ2n) is 7.98. The summed E-state index contributed by atoms with van der Waals surface area (Å²) in [5, 5.41) is 8.80. The number of sulfone groups is 1. The molecule has 1 aromatic carbocycles. The van der Waals surface area contributed by atoms with Crippen LogP contribution in [0, 0.1) is 0 Å². The van der Waals surface area contributed by atoms with Gasteiger partial charge in [-0.2, -0.15) is 0 Å². The van der Waals surface area contributed by atoms with Gasteiger partial charge in [-0.3, -0.25) is 14.6 Å². The van der Waals surface area contributed by atoms with Gasteiger partial charge in [0.2, 0.25) is 5.82 Å². The van der Waals surface area contributed by atoms with Crippen molar-refractivity contribution >= 4 is 42.4 Å². The van der Waals surface area contributed by atoms with Gasteiger partial charge >= 0.3 is 0 Å². The molecule has 10 nitrogen and oxygen atoms in total. The summed E-state index contributed by atoms with van der Waals surface area (Å²) in [6, 6.07) is 5.07. The van der Waals surface area contributed by atoms with Gasteiger partial charge < -0.3 is 9.30 Å². The molecule has 1 saturated heterocycles. The van der Waals surface area contributed by atoms with E-state index in [1.165, 1.54) is 17.6 Å². The summed E-state index contributed by atoms with van der Waals surface area (Å²) in [5.74, 6) is 0.867. The van der Waals surface area contributed by atoms with Crippen LogP contribution in [0.3, 0.4) is 0 Å². The fraction of sp³-hybridized carbons (Fsp3) is 0.500. The molecule has 0 radical (unpaired) electrons. The Morgan fingerprint density at radius 2 is 2.03 bits per heavy atom. The van der Waals surface area contributed by atoms with E-state index >= 15 is 0 Å². The number of benzene rings is 1. The first kappa shape index (κ1) is 21.4. The molecule has 1 fully saturated rings. The molecule has 0 spiro atoms. The molecule has 2 aliphatic rings. The van der Waals surface area contributed by atoms with Gasteiger partial charge in [0, 0.05) is 45.4 Å². The number of hydrogen-bond acceptors (Lipinski definition) is 9. The van der Waals surface area contributed by atoms with Crippen LogP contribution in [0.1, 0.15) is 22.9 Å². The largest absolute Gasteiger partial charge is 0.379 e. The van der Waals surface area contributed by atoms with E-state index in [2.05, 4.69) is 20.1 Å². The summed E-state index contributed by atoms with van der Waals surface area (Å²) in [7, 11) is -3.45. The van der Waals surface area contributed by atoms with Crippen LogP contribution < -0.4 is 4.90 Å². The minimum absolute atomic E-state index is 0.168. The third kappa shape index (κ3) is 4.03. The summed E-state index contributed by atoms with van der Waals surface area (Å²) in [4.78, 5) is 22.2. The fourth-order valence-electron chi connectivity index (χ4n) is 4.11. The zero-order chi connectivity index (χ0) is 22.3. The number of carbonyl (C=O) groups is 1. The van der Waals surface area contributed by atoms with E-state index in [9.17, 15) is 13.2 Å². The highest BCUT2D eigenvalue weighted by Gasteiger charge is 2.30. The van der Waals surface area contributed by atoms with E-state index in [1.807, 2.05) is 10.6 Å². The zero-order valence-electron chi connectivity index (χ0n) is 17.7. The number of hydrogen-bond donors (Lipinski definition) is 0. The van der Waals surface area contributed by atoms with Crippen LogP contribution >= 0.6 is 11.3 Å². The number of fused-ring (bicyclic) bond motifs is 2. The number of nitrogens with zero attached hydrogens (tertiary/aromatic N) is 6. The number of amides is 1. The SMILES string of the molecule is CS(=O)(=O)c1cccc2sc(N(CCN3CCOCC3)C(=O)c3nnc4n3CCC4)nc12. The Labute approximate surface area is 189 Å². The summed E-state index contributed by atoms with van der Waals surface area (Å²) in [5.41, 5.74) is 0.394. The first-order valence-electron chi connectivity index (χ1n) is 10.6. The normalized spacial score (nSPS) is 17.0. The molecule has 4 heterocycles. The van der Waals surface area contributed by atoms with Crippen molar-refractivity contribution in [2.45, 2.75) is 24.3 Å². The maximum atomic E-state index is 13.6. The highest BCUT2D eigenvalue weighted by Crippen LogP contribution is 2.33. The Bertz CT molecular complexity index is 1260. The molecule has 12 heteroatoms. The highest BCUT2D eigenvalue weighted by atomic mass is 32.2.